The number of Topliss-reactive ketones (excluding diaryl/α,β-unsaturated/α-hetero) is 2. The van der Waals surface area contributed by atoms with Crippen molar-refractivity contribution >= 4 is 17.5 Å². The number of nitrogens with one attached hydrogen (secondary N) is 1. The van der Waals surface area contributed by atoms with Crippen LogP contribution in [0.3, 0.4) is 0 Å². The molecule has 5 saturated carbocycles. The minimum absolute atomic E-state index is 0.0221. The normalized spacial score (nSPS) is 43.0. The molecule has 0 bridgehead atoms. The Morgan fingerprint density at radius 2 is 1.56 bits per heavy atom. The van der Waals surface area contributed by atoms with Crippen molar-refractivity contribution in [2.24, 2.45) is 81.2 Å². The molecule has 0 amide bonds. The number of rotatable bonds is 11. The fraction of sp³-hybridized carbons (Fsp3) is 0.889. The van der Waals surface area contributed by atoms with E-state index >= 15 is 0 Å². The van der Waals surface area contributed by atoms with E-state index in [4.69, 9.17) is 0 Å². The number of nitrogens with zero attached hydrogens (tertiary/aromatic N) is 1. The second kappa shape index (κ2) is 15.9. The van der Waals surface area contributed by atoms with E-state index in [9.17, 15) is 19.5 Å². The first-order valence-electron chi connectivity index (χ1n) is 21.8. The van der Waals surface area contributed by atoms with E-state index in [2.05, 4.69) is 50.6 Å². The van der Waals surface area contributed by atoms with Crippen LogP contribution in [0.25, 0.3) is 0 Å². The van der Waals surface area contributed by atoms with E-state index in [1.54, 1.807) is 5.57 Å². The summed E-state index contributed by atoms with van der Waals surface area (Å²) in [6.07, 6.45) is 17.0. The lowest BCUT2D eigenvalue weighted by atomic mass is 9.37. The van der Waals surface area contributed by atoms with Gasteiger partial charge in [-0.15, -0.1) is 0 Å². The topological polar surface area (TPSA) is 113 Å². The van der Waals surface area contributed by atoms with Gasteiger partial charge < -0.3 is 21.1 Å². The highest BCUT2D eigenvalue weighted by Crippen LogP contribution is 2.72. The van der Waals surface area contributed by atoms with Crippen molar-refractivity contribution in [1.82, 2.24) is 10.2 Å². The van der Waals surface area contributed by atoms with Gasteiger partial charge >= 0.3 is 5.97 Å². The number of carboxylic acid groups (broad SMARTS) is 1. The zero-order valence-corrected chi connectivity index (χ0v) is 34.1. The first-order valence-corrected chi connectivity index (χ1v) is 21.8. The quantitative estimate of drug-likeness (QED) is 0.185. The maximum atomic E-state index is 13.9. The fourth-order valence-corrected chi connectivity index (χ4v) is 14.6. The third kappa shape index (κ3) is 6.92. The molecule has 7 nitrogen and oxygen atoms in total. The summed E-state index contributed by atoms with van der Waals surface area (Å²) in [5.74, 6) is 3.52. The number of hydrogen-bond donors (Lipinski definition) is 3. The van der Waals surface area contributed by atoms with Crippen LogP contribution in [0.1, 0.15) is 138 Å². The summed E-state index contributed by atoms with van der Waals surface area (Å²) >= 11 is 0. The van der Waals surface area contributed by atoms with Crippen molar-refractivity contribution < 1.29 is 19.5 Å². The van der Waals surface area contributed by atoms with Crippen LogP contribution >= 0.6 is 0 Å². The van der Waals surface area contributed by atoms with Gasteiger partial charge in [-0.25, -0.2) is 0 Å². The summed E-state index contributed by atoms with van der Waals surface area (Å²) in [4.78, 5) is 41.5. The Bertz CT molecular complexity index is 1350. The molecule has 4 N–H and O–H groups in total. The van der Waals surface area contributed by atoms with Crippen LogP contribution in [0.15, 0.2) is 11.1 Å². The van der Waals surface area contributed by atoms with Crippen LogP contribution in [-0.2, 0) is 14.4 Å². The smallest absolute Gasteiger partial charge is 0.306 e. The number of hydrogen-bond acceptors (Lipinski definition) is 6. The van der Waals surface area contributed by atoms with E-state index < -0.39 is 5.97 Å². The Morgan fingerprint density at radius 1 is 0.885 bits per heavy atom. The number of allylic oxidation sites excluding steroid dienone is 2. The molecular formula is C45H75N3O4. The standard InChI is InChI=1S/C44H70N2O4.CH5N/c1-27(2)39-37(48)26-44(18-19-45-20-23-46-21-8-7-9-22-46)17-14-35-31(40(39)44)10-11-38-42(5)15-12-30(28(3)34(42)13-16-43(35,38)6)24-36(47)32-25-33(29(32)4)41(49)50;1-2/h27-35,38,45H,7-26H2,1-6H3,(H,49,50);2H2,1H3. The molecule has 1 aliphatic heterocycles. The van der Waals surface area contributed by atoms with Gasteiger partial charge in [0.2, 0.25) is 0 Å². The number of carbonyl (C=O) groups excluding carboxylic acids is 2. The predicted octanol–water partition coefficient (Wildman–Crippen LogP) is 8.16. The highest BCUT2D eigenvalue weighted by atomic mass is 16.4. The van der Waals surface area contributed by atoms with Gasteiger partial charge in [-0.3, -0.25) is 14.4 Å². The third-order valence-corrected chi connectivity index (χ3v) is 17.3. The number of carboxylic acids is 1. The van der Waals surface area contributed by atoms with Gasteiger partial charge in [-0.2, -0.15) is 0 Å². The van der Waals surface area contributed by atoms with Gasteiger partial charge in [0, 0.05) is 37.3 Å². The molecule has 0 radical (unpaired) electrons. The lowest BCUT2D eigenvalue weighted by Crippen LogP contribution is -2.60. The van der Waals surface area contributed by atoms with E-state index in [0.29, 0.717) is 76.7 Å². The summed E-state index contributed by atoms with van der Waals surface area (Å²) in [6.45, 7) is 20.0. The number of aliphatic carboxylic acids is 1. The zero-order chi connectivity index (χ0) is 37.6. The molecule has 1 saturated heterocycles. The molecule has 12 atom stereocenters. The molecule has 0 aromatic rings. The van der Waals surface area contributed by atoms with E-state index in [1.807, 2.05) is 6.92 Å². The van der Waals surface area contributed by atoms with Gasteiger partial charge in [-0.05, 0) is 167 Å². The highest BCUT2D eigenvalue weighted by Gasteiger charge is 2.64. The number of likely N-dealkylation sites (tertiary alicyclic amines) is 1. The molecule has 7 aliphatic rings. The minimum Gasteiger partial charge on any atom is -0.481 e. The van der Waals surface area contributed by atoms with Crippen LogP contribution in [0, 0.1) is 75.4 Å². The molecule has 294 valence electrons. The van der Waals surface area contributed by atoms with Crippen molar-refractivity contribution in [3.8, 4) is 0 Å². The summed E-state index contributed by atoms with van der Waals surface area (Å²) in [5, 5.41) is 13.3. The molecule has 6 fully saturated rings. The number of fused-ring (bicyclic) bond motifs is 7. The molecule has 7 rings (SSSR count). The average Bonchev–Trinajstić information content (AvgIpc) is 3.42. The van der Waals surface area contributed by atoms with E-state index in [0.717, 1.165) is 38.9 Å². The Labute approximate surface area is 316 Å². The van der Waals surface area contributed by atoms with Crippen LogP contribution in [0.2, 0.25) is 0 Å². The number of piperidine rings is 1. The molecular weight excluding hydrogens is 647 g/mol. The average molecular weight is 722 g/mol. The summed E-state index contributed by atoms with van der Waals surface area (Å²) < 4.78 is 0. The summed E-state index contributed by atoms with van der Waals surface area (Å²) in [7, 11) is 1.50. The van der Waals surface area contributed by atoms with Crippen LogP contribution in [0.4, 0.5) is 0 Å². The minimum atomic E-state index is -0.737. The lowest BCUT2D eigenvalue weighted by molar-refractivity contribution is -0.172. The number of carbonyl (C=O) groups is 3. The van der Waals surface area contributed by atoms with Gasteiger partial charge in [0.25, 0.3) is 0 Å². The Morgan fingerprint density at radius 3 is 2.23 bits per heavy atom. The maximum absolute atomic E-state index is 13.9. The SMILES string of the molecule is CC(C)C1=C2C3CCC4C(C)(CCC5C(C)C(CC(=O)C6CC(C(=O)O)C6C)CCC54C)C3CCC2(CCNCCN2CCCCC2)CC1=O.CN. The Kier molecular flexibility index (Phi) is 12.3. The van der Waals surface area contributed by atoms with Gasteiger partial charge in [0.05, 0.1) is 5.92 Å². The van der Waals surface area contributed by atoms with Crippen molar-refractivity contribution in [3.05, 3.63) is 11.1 Å². The number of ketones is 2. The highest BCUT2D eigenvalue weighted by molar-refractivity contribution is 6.00. The predicted molar refractivity (Wildman–Crippen MR) is 210 cm³/mol. The molecule has 0 aromatic carbocycles. The van der Waals surface area contributed by atoms with Crippen LogP contribution < -0.4 is 11.1 Å². The Balaban J connectivity index is 0.00000228. The van der Waals surface area contributed by atoms with Crippen molar-refractivity contribution in [1.29, 1.82) is 0 Å². The van der Waals surface area contributed by atoms with Crippen molar-refractivity contribution in [2.75, 3.05) is 39.8 Å². The molecule has 52 heavy (non-hydrogen) atoms. The molecule has 6 aliphatic carbocycles. The molecule has 12 unspecified atom stereocenters. The number of nitrogens with two attached hydrogens (primary N) is 1. The molecule has 0 spiro atoms. The third-order valence-electron chi connectivity index (χ3n) is 17.3. The molecule has 0 aromatic heterocycles. The van der Waals surface area contributed by atoms with Crippen LogP contribution in [0.5, 0.6) is 0 Å². The largest absolute Gasteiger partial charge is 0.481 e. The Hall–Kier alpha value is -1.57. The van der Waals surface area contributed by atoms with Crippen molar-refractivity contribution in [3.63, 3.8) is 0 Å². The first-order chi connectivity index (χ1) is 24.8. The first kappa shape index (κ1) is 40.1. The maximum Gasteiger partial charge on any atom is 0.306 e. The van der Waals surface area contributed by atoms with Gasteiger partial charge in [-0.1, -0.05) is 53.5 Å². The molecule has 7 heteroatoms. The second-order valence-corrected chi connectivity index (χ2v) is 19.8. The fourth-order valence-electron chi connectivity index (χ4n) is 14.6. The zero-order valence-electron chi connectivity index (χ0n) is 34.1. The van der Waals surface area contributed by atoms with Crippen LogP contribution in [-0.4, -0.2) is 67.3 Å². The van der Waals surface area contributed by atoms with Gasteiger partial charge in [0.15, 0.2) is 5.78 Å². The van der Waals surface area contributed by atoms with Crippen molar-refractivity contribution in [2.45, 2.75) is 138 Å². The van der Waals surface area contributed by atoms with Gasteiger partial charge in [0.1, 0.15) is 5.78 Å². The van der Waals surface area contributed by atoms with E-state index in [1.165, 1.54) is 89.9 Å². The summed E-state index contributed by atoms with van der Waals surface area (Å²) in [6, 6.07) is 0. The van der Waals surface area contributed by atoms with E-state index in [-0.39, 0.29) is 23.2 Å². The summed E-state index contributed by atoms with van der Waals surface area (Å²) in [5.41, 5.74) is 8.04. The lowest BCUT2D eigenvalue weighted by Gasteiger charge is -2.67. The second-order valence-electron chi connectivity index (χ2n) is 19.8. The monoisotopic (exact) mass is 722 g/mol. The molecule has 1 heterocycles.